The van der Waals surface area contributed by atoms with Crippen LogP contribution >= 0.6 is 34.2 Å². The van der Waals surface area contributed by atoms with Crippen LogP contribution in [0.25, 0.3) is 0 Å². The van der Waals surface area contributed by atoms with Crippen molar-refractivity contribution < 1.29 is 9.59 Å². The first-order valence-corrected chi connectivity index (χ1v) is 9.03. The van der Waals surface area contributed by atoms with E-state index in [1.54, 1.807) is 24.3 Å². The zero-order chi connectivity index (χ0) is 18.2. The molecule has 0 fully saturated rings. The molecule has 5 nitrogen and oxygen atoms in total. The Hall–Kier alpha value is -1.93. The number of aryl methyl sites for hydroxylation is 1. The third kappa shape index (κ3) is 6.83. The topological polar surface area (TPSA) is 70.6 Å². The Labute approximate surface area is 165 Å². The molecule has 2 N–H and O–H groups in total. The molecule has 0 aliphatic rings. The number of nitrogens with zero attached hydrogens (tertiary/aromatic N) is 1. The number of nitrogens with one attached hydrogen (secondary N) is 2. The van der Waals surface area contributed by atoms with Crippen LogP contribution in [0, 0.1) is 10.5 Å². The third-order valence-electron chi connectivity index (χ3n) is 3.31. The first-order chi connectivity index (χ1) is 11.9. The number of hydrazone groups is 1. The number of anilines is 1. The number of halogens is 2. The van der Waals surface area contributed by atoms with Crippen molar-refractivity contribution in [2.24, 2.45) is 5.10 Å². The molecular formula is C18H17ClIN3O2. The average Bonchev–Trinajstić information content (AvgIpc) is 2.57. The molecule has 0 saturated carbocycles. The largest absolute Gasteiger partial charge is 0.326 e. The average molecular weight is 470 g/mol. The summed E-state index contributed by atoms with van der Waals surface area (Å²) in [4.78, 5) is 23.7. The Morgan fingerprint density at radius 2 is 1.80 bits per heavy atom. The van der Waals surface area contributed by atoms with Gasteiger partial charge in [0.25, 0.3) is 0 Å². The quantitative estimate of drug-likeness (QED) is 0.379. The normalized spacial score (nSPS) is 10.7. The maximum Gasteiger partial charge on any atom is 0.240 e. The molecule has 0 aliphatic carbocycles. The number of benzene rings is 2. The predicted molar refractivity (Wildman–Crippen MR) is 109 cm³/mol. The van der Waals surface area contributed by atoms with E-state index < -0.39 is 0 Å². The Bertz CT molecular complexity index is 791. The van der Waals surface area contributed by atoms with Crippen LogP contribution in [0.15, 0.2) is 47.6 Å². The van der Waals surface area contributed by atoms with E-state index in [0.717, 1.165) is 20.4 Å². The summed E-state index contributed by atoms with van der Waals surface area (Å²) in [5, 5.41) is 7.30. The number of amides is 2. The molecule has 7 heteroatoms. The van der Waals surface area contributed by atoms with Gasteiger partial charge in [0.1, 0.15) is 0 Å². The van der Waals surface area contributed by atoms with E-state index in [-0.39, 0.29) is 24.7 Å². The van der Waals surface area contributed by atoms with Crippen molar-refractivity contribution in [2.75, 3.05) is 5.32 Å². The fraction of sp³-hybridized carbons (Fsp3) is 0.167. The highest BCUT2D eigenvalue weighted by molar-refractivity contribution is 14.1. The number of carbonyl (C=O) groups excluding carboxylic acids is 2. The molecule has 2 aromatic rings. The summed E-state index contributed by atoms with van der Waals surface area (Å²) >= 11 is 8.00. The van der Waals surface area contributed by atoms with Gasteiger partial charge in [0.05, 0.1) is 6.21 Å². The summed E-state index contributed by atoms with van der Waals surface area (Å²) in [6, 6.07) is 12.8. The van der Waals surface area contributed by atoms with Crippen LogP contribution in [0.3, 0.4) is 0 Å². The molecule has 25 heavy (non-hydrogen) atoms. The van der Waals surface area contributed by atoms with Crippen LogP contribution in [0.4, 0.5) is 5.69 Å². The zero-order valence-electron chi connectivity index (χ0n) is 13.6. The first kappa shape index (κ1) is 19.4. The second-order valence-electron chi connectivity index (χ2n) is 5.35. The van der Waals surface area contributed by atoms with Gasteiger partial charge in [-0.3, -0.25) is 9.59 Å². The number of carbonyl (C=O) groups is 2. The summed E-state index contributed by atoms with van der Waals surface area (Å²) < 4.78 is 1.10. The van der Waals surface area contributed by atoms with Crippen LogP contribution in [-0.4, -0.2) is 18.0 Å². The monoisotopic (exact) mass is 469 g/mol. The lowest BCUT2D eigenvalue weighted by Crippen LogP contribution is -2.20. The summed E-state index contributed by atoms with van der Waals surface area (Å²) in [6.45, 7) is 1.93. The second kappa shape index (κ2) is 9.53. The van der Waals surface area contributed by atoms with Gasteiger partial charge in [0.15, 0.2) is 0 Å². The zero-order valence-corrected chi connectivity index (χ0v) is 16.5. The van der Waals surface area contributed by atoms with Crippen LogP contribution in [-0.2, 0) is 9.59 Å². The lowest BCUT2D eigenvalue weighted by atomic mass is 10.2. The van der Waals surface area contributed by atoms with Gasteiger partial charge in [-0.1, -0.05) is 23.7 Å². The predicted octanol–water partition coefficient (Wildman–Crippen LogP) is 4.12. The second-order valence-corrected chi connectivity index (χ2v) is 7.03. The highest BCUT2D eigenvalue weighted by Crippen LogP contribution is 2.18. The minimum Gasteiger partial charge on any atom is -0.326 e. The molecule has 0 atom stereocenters. The highest BCUT2D eigenvalue weighted by Gasteiger charge is 2.08. The molecule has 0 unspecified atom stereocenters. The van der Waals surface area contributed by atoms with E-state index in [0.29, 0.717) is 5.02 Å². The summed E-state index contributed by atoms with van der Waals surface area (Å²) in [7, 11) is 0. The summed E-state index contributed by atoms with van der Waals surface area (Å²) in [5.74, 6) is -0.527. The molecule has 0 aromatic heterocycles. The maximum absolute atomic E-state index is 11.9. The molecule has 2 aromatic carbocycles. The Kier molecular flexibility index (Phi) is 7.39. The fourth-order valence-electron chi connectivity index (χ4n) is 1.99. The molecule has 0 saturated heterocycles. The molecule has 130 valence electrons. The Morgan fingerprint density at radius 3 is 2.48 bits per heavy atom. The molecule has 2 rings (SSSR count). The van der Waals surface area contributed by atoms with Gasteiger partial charge in [0, 0.05) is 27.1 Å². The van der Waals surface area contributed by atoms with Crippen molar-refractivity contribution in [3.8, 4) is 0 Å². The summed E-state index contributed by atoms with van der Waals surface area (Å²) in [5.41, 5.74) is 4.96. The Balaban J connectivity index is 1.75. The van der Waals surface area contributed by atoms with Gasteiger partial charge in [-0.2, -0.15) is 5.10 Å². The van der Waals surface area contributed by atoms with Crippen LogP contribution in [0.2, 0.25) is 5.02 Å². The van der Waals surface area contributed by atoms with Gasteiger partial charge in [-0.05, 0) is 71.0 Å². The molecule has 2 amide bonds. The van der Waals surface area contributed by atoms with Crippen LogP contribution in [0.1, 0.15) is 24.0 Å². The molecular weight excluding hydrogens is 453 g/mol. The number of hydrogen-bond donors (Lipinski definition) is 2. The van der Waals surface area contributed by atoms with Crippen molar-refractivity contribution in [3.63, 3.8) is 0 Å². The lowest BCUT2D eigenvalue weighted by Gasteiger charge is -2.08. The van der Waals surface area contributed by atoms with Crippen molar-refractivity contribution in [3.05, 3.63) is 62.2 Å². The van der Waals surface area contributed by atoms with Gasteiger partial charge < -0.3 is 5.32 Å². The summed E-state index contributed by atoms with van der Waals surface area (Å²) in [6.07, 6.45) is 1.67. The fourth-order valence-corrected chi connectivity index (χ4v) is 2.76. The van der Waals surface area contributed by atoms with E-state index in [9.17, 15) is 9.59 Å². The van der Waals surface area contributed by atoms with Crippen molar-refractivity contribution in [1.29, 1.82) is 0 Å². The van der Waals surface area contributed by atoms with Crippen LogP contribution in [0.5, 0.6) is 0 Å². The standard InChI is InChI=1S/C18H17ClIN3O2/c1-12-10-15(20)6-7-16(12)22-17(24)8-9-18(25)23-21-11-13-2-4-14(19)5-3-13/h2-7,10-11H,8-9H2,1H3,(H,22,24)(H,23,25)/b21-11+. The van der Waals surface area contributed by atoms with Crippen molar-refractivity contribution >= 4 is 57.9 Å². The lowest BCUT2D eigenvalue weighted by molar-refractivity contribution is -0.124. The molecule has 0 aliphatic heterocycles. The first-order valence-electron chi connectivity index (χ1n) is 7.57. The highest BCUT2D eigenvalue weighted by atomic mass is 127. The maximum atomic E-state index is 11.9. The van der Waals surface area contributed by atoms with Crippen LogP contribution < -0.4 is 10.7 Å². The SMILES string of the molecule is Cc1cc(I)ccc1NC(=O)CCC(=O)N/N=C/c1ccc(Cl)cc1. The van der Waals surface area contributed by atoms with Gasteiger partial charge in [-0.25, -0.2) is 5.43 Å². The third-order valence-corrected chi connectivity index (χ3v) is 4.24. The minimum atomic E-state index is -0.320. The number of hydrogen-bond acceptors (Lipinski definition) is 3. The van der Waals surface area contributed by atoms with Crippen molar-refractivity contribution in [2.45, 2.75) is 19.8 Å². The van der Waals surface area contributed by atoms with E-state index in [1.165, 1.54) is 6.21 Å². The van der Waals surface area contributed by atoms with E-state index >= 15 is 0 Å². The number of rotatable bonds is 6. The van der Waals surface area contributed by atoms with Gasteiger partial charge in [0.2, 0.25) is 11.8 Å². The van der Waals surface area contributed by atoms with Crippen molar-refractivity contribution in [1.82, 2.24) is 5.43 Å². The van der Waals surface area contributed by atoms with E-state index in [4.69, 9.17) is 11.6 Å². The smallest absolute Gasteiger partial charge is 0.240 e. The van der Waals surface area contributed by atoms with Gasteiger partial charge in [-0.15, -0.1) is 0 Å². The van der Waals surface area contributed by atoms with Gasteiger partial charge >= 0.3 is 0 Å². The van der Waals surface area contributed by atoms with E-state index in [2.05, 4.69) is 38.4 Å². The molecule has 0 heterocycles. The molecule has 0 radical (unpaired) electrons. The Morgan fingerprint density at radius 1 is 1.12 bits per heavy atom. The molecule has 0 spiro atoms. The molecule has 0 bridgehead atoms. The van der Waals surface area contributed by atoms with E-state index in [1.807, 2.05) is 25.1 Å². The minimum absolute atomic E-state index is 0.0627.